The third kappa shape index (κ3) is 2.15. The first-order chi connectivity index (χ1) is 8.60. The maximum absolute atomic E-state index is 5.35. The summed E-state index contributed by atoms with van der Waals surface area (Å²) >= 11 is 3.73. The van der Waals surface area contributed by atoms with Crippen molar-refractivity contribution in [3.63, 3.8) is 0 Å². The van der Waals surface area contributed by atoms with Gasteiger partial charge >= 0.3 is 0 Å². The molecule has 0 aliphatic heterocycles. The number of benzene rings is 1. The highest BCUT2D eigenvalue weighted by atomic mass is 79.9. The molecule has 0 unspecified atom stereocenters. The second-order valence-electron chi connectivity index (χ2n) is 4.51. The zero-order valence-electron chi connectivity index (χ0n) is 11.3. The predicted octanol–water partition coefficient (Wildman–Crippen LogP) is 3.02. The van der Waals surface area contributed by atoms with Crippen LogP contribution in [0.5, 0.6) is 5.75 Å². The summed E-state index contributed by atoms with van der Waals surface area (Å²) in [4.78, 5) is 0. The summed E-state index contributed by atoms with van der Waals surface area (Å²) in [5, 5.41) is 4.42. The number of fused-ring (bicyclic) bond motifs is 1. The van der Waals surface area contributed by atoms with Crippen molar-refractivity contribution in [1.29, 1.82) is 0 Å². The molecule has 4 heteroatoms. The fourth-order valence-corrected chi connectivity index (χ4v) is 3.20. The average molecular weight is 311 g/mol. The van der Waals surface area contributed by atoms with Crippen LogP contribution in [-0.4, -0.2) is 25.3 Å². The quantitative estimate of drug-likeness (QED) is 0.939. The molecule has 0 aliphatic carbocycles. The van der Waals surface area contributed by atoms with Gasteiger partial charge in [-0.05, 0) is 47.6 Å². The van der Waals surface area contributed by atoms with Crippen molar-refractivity contribution in [1.82, 2.24) is 9.88 Å². The molecule has 18 heavy (non-hydrogen) atoms. The fourth-order valence-electron chi connectivity index (χ4n) is 2.44. The molecule has 0 aliphatic rings. The van der Waals surface area contributed by atoms with Crippen molar-refractivity contribution in [3.05, 3.63) is 27.9 Å². The Morgan fingerprint density at radius 3 is 2.72 bits per heavy atom. The van der Waals surface area contributed by atoms with Gasteiger partial charge in [-0.25, -0.2) is 0 Å². The first kappa shape index (κ1) is 13.4. The third-order valence-corrected chi connectivity index (χ3v) is 4.24. The van der Waals surface area contributed by atoms with Crippen LogP contribution >= 0.6 is 15.9 Å². The maximum atomic E-state index is 5.35. The molecule has 0 fully saturated rings. The predicted molar refractivity (Wildman–Crippen MR) is 79.5 cm³/mol. The van der Waals surface area contributed by atoms with Crippen LogP contribution in [-0.2, 0) is 13.5 Å². The second-order valence-corrected chi connectivity index (χ2v) is 5.31. The number of nitrogens with one attached hydrogen (secondary N) is 1. The van der Waals surface area contributed by atoms with E-state index in [1.807, 2.05) is 7.05 Å². The lowest BCUT2D eigenvalue weighted by atomic mass is 10.1. The summed E-state index contributed by atoms with van der Waals surface area (Å²) in [5.41, 5.74) is 3.83. The molecule has 0 atom stereocenters. The summed E-state index contributed by atoms with van der Waals surface area (Å²) in [5.74, 6) is 0.909. The zero-order valence-corrected chi connectivity index (χ0v) is 12.9. The van der Waals surface area contributed by atoms with E-state index in [0.29, 0.717) is 0 Å². The van der Waals surface area contributed by atoms with E-state index in [9.17, 15) is 0 Å². The van der Waals surface area contributed by atoms with Crippen LogP contribution in [0.4, 0.5) is 0 Å². The van der Waals surface area contributed by atoms with Gasteiger partial charge in [-0.1, -0.05) is 0 Å². The summed E-state index contributed by atoms with van der Waals surface area (Å²) < 4.78 is 8.79. The first-order valence-electron chi connectivity index (χ1n) is 6.06. The lowest BCUT2D eigenvalue weighted by Crippen LogP contribution is -2.12. The second kappa shape index (κ2) is 5.33. The smallest absolute Gasteiger partial charge is 0.119 e. The van der Waals surface area contributed by atoms with Crippen molar-refractivity contribution in [2.24, 2.45) is 7.05 Å². The number of aryl methyl sites for hydroxylation is 2. The van der Waals surface area contributed by atoms with Crippen LogP contribution < -0.4 is 10.1 Å². The number of nitrogens with zero attached hydrogens (tertiary/aromatic N) is 1. The molecule has 2 aromatic rings. The normalized spacial score (nSPS) is 11.2. The van der Waals surface area contributed by atoms with Crippen LogP contribution in [0.15, 0.2) is 16.6 Å². The molecule has 0 saturated carbocycles. The van der Waals surface area contributed by atoms with Crippen molar-refractivity contribution in [2.45, 2.75) is 13.3 Å². The fraction of sp³-hybridized carbons (Fsp3) is 0.429. The van der Waals surface area contributed by atoms with Gasteiger partial charge in [0.2, 0.25) is 0 Å². The highest BCUT2D eigenvalue weighted by molar-refractivity contribution is 9.10. The number of aromatic nitrogens is 1. The van der Waals surface area contributed by atoms with E-state index in [2.05, 4.69) is 51.9 Å². The van der Waals surface area contributed by atoms with E-state index in [0.717, 1.165) is 18.7 Å². The Labute approximate surface area is 116 Å². The molecule has 1 aromatic carbocycles. The summed E-state index contributed by atoms with van der Waals surface area (Å²) in [6.07, 6.45) is 1.00. The number of hydrogen-bond acceptors (Lipinski definition) is 2. The molecule has 1 heterocycles. The molecule has 98 valence electrons. The van der Waals surface area contributed by atoms with Gasteiger partial charge in [0.05, 0.1) is 12.6 Å². The highest BCUT2D eigenvalue weighted by Gasteiger charge is 2.15. The van der Waals surface area contributed by atoms with E-state index in [1.165, 1.54) is 26.6 Å². The summed E-state index contributed by atoms with van der Waals surface area (Å²) in [6, 6.07) is 4.17. The SMILES string of the molecule is CNCCc1c(Br)c2cc(OC)cc(C)c2n1C. The molecular formula is C14H19BrN2O. The van der Waals surface area contributed by atoms with Gasteiger partial charge in [-0.2, -0.15) is 0 Å². The number of likely N-dealkylation sites (N-methyl/N-ethyl adjacent to an activating group) is 1. The molecule has 0 bridgehead atoms. The van der Waals surface area contributed by atoms with Gasteiger partial charge in [0.25, 0.3) is 0 Å². The lowest BCUT2D eigenvalue weighted by molar-refractivity contribution is 0.415. The molecule has 1 N–H and O–H groups in total. The Bertz CT molecular complexity index is 575. The van der Waals surface area contributed by atoms with Crippen LogP contribution in [0, 0.1) is 6.92 Å². The largest absolute Gasteiger partial charge is 0.497 e. The number of halogens is 1. The minimum Gasteiger partial charge on any atom is -0.497 e. The Balaban J connectivity index is 2.65. The molecule has 0 saturated heterocycles. The van der Waals surface area contributed by atoms with E-state index < -0.39 is 0 Å². The molecular weight excluding hydrogens is 292 g/mol. The summed E-state index contributed by atoms with van der Waals surface area (Å²) in [6.45, 7) is 3.10. The van der Waals surface area contributed by atoms with Crippen molar-refractivity contribution < 1.29 is 4.74 Å². The van der Waals surface area contributed by atoms with Crippen LogP contribution in [0.25, 0.3) is 10.9 Å². The molecule has 0 radical (unpaired) electrons. The minimum atomic E-state index is 0.909. The Hall–Kier alpha value is -1.00. The Kier molecular flexibility index (Phi) is 3.97. The van der Waals surface area contributed by atoms with Crippen molar-refractivity contribution >= 4 is 26.8 Å². The zero-order chi connectivity index (χ0) is 13.3. The average Bonchev–Trinajstić information content (AvgIpc) is 2.60. The minimum absolute atomic E-state index is 0.909. The van der Waals surface area contributed by atoms with Gasteiger partial charge < -0.3 is 14.6 Å². The molecule has 1 aromatic heterocycles. The van der Waals surface area contributed by atoms with E-state index in [4.69, 9.17) is 4.74 Å². The van der Waals surface area contributed by atoms with Crippen molar-refractivity contribution in [2.75, 3.05) is 20.7 Å². The molecule has 3 nitrogen and oxygen atoms in total. The molecule has 2 rings (SSSR count). The standard InChI is InChI=1S/C14H19BrN2O/c1-9-7-10(18-4)8-11-13(15)12(5-6-16-2)17(3)14(9)11/h7-8,16H,5-6H2,1-4H3. The van der Waals surface area contributed by atoms with Crippen LogP contribution in [0.1, 0.15) is 11.3 Å². The number of ether oxygens (including phenoxy) is 1. The number of rotatable bonds is 4. The number of methoxy groups -OCH3 is 1. The van der Waals surface area contributed by atoms with Gasteiger partial charge in [0.1, 0.15) is 5.75 Å². The first-order valence-corrected chi connectivity index (χ1v) is 6.85. The van der Waals surface area contributed by atoms with Gasteiger partial charge in [-0.3, -0.25) is 0 Å². The Morgan fingerprint density at radius 1 is 1.39 bits per heavy atom. The van der Waals surface area contributed by atoms with Crippen LogP contribution in [0.3, 0.4) is 0 Å². The van der Waals surface area contributed by atoms with E-state index in [-0.39, 0.29) is 0 Å². The van der Waals surface area contributed by atoms with Gasteiger partial charge in [0, 0.05) is 35.6 Å². The monoisotopic (exact) mass is 310 g/mol. The van der Waals surface area contributed by atoms with E-state index >= 15 is 0 Å². The Morgan fingerprint density at radius 2 is 2.11 bits per heavy atom. The van der Waals surface area contributed by atoms with E-state index in [1.54, 1.807) is 7.11 Å². The third-order valence-electron chi connectivity index (χ3n) is 3.35. The summed E-state index contributed by atoms with van der Waals surface area (Å²) in [7, 11) is 5.81. The highest BCUT2D eigenvalue weighted by Crippen LogP contribution is 2.35. The topological polar surface area (TPSA) is 26.2 Å². The van der Waals surface area contributed by atoms with Gasteiger partial charge in [0.15, 0.2) is 0 Å². The lowest BCUT2D eigenvalue weighted by Gasteiger charge is -2.07. The maximum Gasteiger partial charge on any atom is 0.119 e. The van der Waals surface area contributed by atoms with Crippen molar-refractivity contribution in [3.8, 4) is 5.75 Å². The van der Waals surface area contributed by atoms with Gasteiger partial charge in [-0.15, -0.1) is 0 Å². The molecule has 0 spiro atoms. The van der Waals surface area contributed by atoms with Crippen LogP contribution in [0.2, 0.25) is 0 Å². The number of hydrogen-bond donors (Lipinski definition) is 1. The molecule has 0 amide bonds.